The van der Waals surface area contributed by atoms with Crippen molar-refractivity contribution in [2.24, 2.45) is 0 Å². The summed E-state index contributed by atoms with van der Waals surface area (Å²) < 4.78 is 5.33. The van der Waals surface area contributed by atoms with Crippen LogP contribution in [0.1, 0.15) is 36.1 Å². The number of hydrogen-bond donors (Lipinski definition) is 3. The summed E-state index contributed by atoms with van der Waals surface area (Å²) in [5, 5.41) is 19.6. The van der Waals surface area contributed by atoms with Crippen molar-refractivity contribution in [2.45, 2.75) is 32.7 Å². The van der Waals surface area contributed by atoms with Gasteiger partial charge in [-0.05, 0) is 54.9 Å². The van der Waals surface area contributed by atoms with E-state index >= 15 is 0 Å². The first-order chi connectivity index (χ1) is 16.3. The van der Waals surface area contributed by atoms with E-state index in [-0.39, 0.29) is 12.6 Å². The minimum absolute atomic E-state index is 0.232. The third kappa shape index (κ3) is 4.70. The van der Waals surface area contributed by atoms with Crippen LogP contribution < -0.4 is 16.0 Å². The number of ether oxygens (including phenoxy) is 1. The van der Waals surface area contributed by atoms with Crippen molar-refractivity contribution < 1.29 is 9.53 Å². The van der Waals surface area contributed by atoms with Gasteiger partial charge in [-0.1, -0.05) is 19.1 Å². The average Bonchev–Trinajstić information content (AvgIpc) is 3.17. The molecule has 0 fully saturated rings. The van der Waals surface area contributed by atoms with Crippen LogP contribution in [0, 0.1) is 18.3 Å². The van der Waals surface area contributed by atoms with Gasteiger partial charge in [-0.25, -0.2) is 9.97 Å². The van der Waals surface area contributed by atoms with Crippen LogP contribution in [0.3, 0.4) is 0 Å². The molecule has 0 spiro atoms. The molecule has 2 aromatic carbocycles. The van der Waals surface area contributed by atoms with Gasteiger partial charge in [0.05, 0.1) is 16.9 Å². The number of benzene rings is 2. The fraction of sp³-hybridized carbons (Fsp3) is 0.308. The van der Waals surface area contributed by atoms with E-state index in [4.69, 9.17) is 9.72 Å². The molecule has 0 aliphatic carbocycles. The molecule has 8 nitrogen and oxygen atoms in total. The number of nitrogens with zero attached hydrogens (tertiary/aromatic N) is 3. The zero-order chi connectivity index (χ0) is 24.3. The van der Waals surface area contributed by atoms with Crippen LogP contribution in [-0.2, 0) is 21.5 Å². The van der Waals surface area contributed by atoms with Gasteiger partial charge < -0.3 is 20.7 Å². The van der Waals surface area contributed by atoms with Gasteiger partial charge in [0.25, 0.3) is 0 Å². The molecule has 0 unspecified atom stereocenters. The lowest BCUT2D eigenvalue weighted by atomic mass is 9.83. The van der Waals surface area contributed by atoms with Gasteiger partial charge in [0.2, 0.25) is 5.95 Å². The summed E-state index contributed by atoms with van der Waals surface area (Å²) in [6, 6.07) is 14.2. The van der Waals surface area contributed by atoms with Crippen LogP contribution >= 0.6 is 0 Å². The quantitative estimate of drug-likeness (QED) is 0.457. The van der Waals surface area contributed by atoms with Crippen molar-refractivity contribution in [3.05, 3.63) is 64.8 Å². The summed E-state index contributed by atoms with van der Waals surface area (Å²) in [6.45, 7) is 7.03. The minimum atomic E-state index is -0.443. The van der Waals surface area contributed by atoms with Crippen LogP contribution in [0.2, 0.25) is 0 Å². The predicted octanol–water partition coefficient (Wildman–Crippen LogP) is 4.03. The monoisotopic (exact) mass is 456 g/mol. The minimum Gasteiger partial charge on any atom is -0.465 e. The summed E-state index contributed by atoms with van der Waals surface area (Å²) in [4.78, 5) is 20.5. The average molecular weight is 457 g/mol. The second-order valence-electron chi connectivity index (χ2n) is 8.82. The fourth-order valence-corrected chi connectivity index (χ4v) is 4.13. The molecule has 4 rings (SSSR count). The summed E-state index contributed by atoms with van der Waals surface area (Å²) in [6.07, 6.45) is 1.70. The van der Waals surface area contributed by atoms with Gasteiger partial charge in [0, 0.05) is 42.9 Å². The maximum absolute atomic E-state index is 11.4. The molecule has 1 atom stereocenters. The van der Waals surface area contributed by atoms with E-state index in [0.29, 0.717) is 23.8 Å². The Balaban J connectivity index is 1.69. The molecule has 0 bridgehead atoms. The first kappa shape index (κ1) is 23.2. The lowest BCUT2D eigenvalue weighted by Gasteiger charge is -2.24. The second kappa shape index (κ2) is 9.49. The van der Waals surface area contributed by atoms with E-state index < -0.39 is 5.41 Å². The van der Waals surface area contributed by atoms with E-state index in [2.05, 4.69) is 45.2 Å². The molecule has 0 saturated carbocycles. The Bertz CT molecular complexity index is 1280. The Morgan fingerprint density at radius 3 is 2.85 bits per heavy atom. The van der Waals surface area contributed by atoms with Crippen molar-refractivity contribution in [1.29, 1.82) is 5.26 Å². The van der Waals surface area contributed by atoms with E-state index in [9.17, 15) is 10.1 Å². The molecule has 34 heavy (non-hydrogen) atoms. The highest BCUT2D eigenvalue weighted by atomic mass is 16.5. The fourth-order valence-electron chi connectivity index (χ4n) is 4.13. The Morgan fingerprint density at radius 1 is 1.29 bits per heavy atom. The van der Waals surface area contributed by atoms with Crippen molar-refractivity contribution in [3.8, 4) is 17.3 Å². The molecule has 2 heterocycles. The van der Waals surface area contributed by atoms with Crippen molar-refractivity contribution in [1.82, 2.24) is 15.3 Å². The molecule has 1 aliphatic rings. The largest absolute Gasteiger partial charge is 0.465 e. The lowest BCUT2D eigenvalue weighted by Crippen LogP contribution is -2.31. The van der Waals surface area contributed by atoms with Gasteiger partial charge in [-0.2, -0.15) is 5.26 Å². The molecule has 8 heteroatoms. The summed E-state index contributed by atoms with van der Waals surface area (Å²) >= 11 is 0. The number of hydrogen-bond acceptors (Lipinski definition) is 8. The molecule has 1 aliphatic heterocycles. The number of carbonyl (C=O) groups is 1. The number of esters is 1. The van der Waals surface area contributed by atoms with Gasteiger partial charge in [-0.15, -0.1) is 0 Å². The Morgan fingerprint density at radius 2 is 2.12 bits per heavy atom. The highest BCUT2D eigenvalue weighted by molar-refractivity contribution is 5.77. The number of fused-ring (bicyclic) bond motifs is 1. The predicted molar refractivity (Wildman–Crippen MR) is 132 cm³/mol. The molecular weight excluding hydrogens is 428 g/mol. The number of nitriles is 1. The first-order valence-corrected chi connectivity index (χ1v) is 11.1. The zero-order valence-corrected chi connectivity index (χ0v) is 19.8. The van der Waals surface area contributed by atoms with Gasteiger partial charge >= 0.3 is 5.97 Å². The van der Waals surface area contributed by atoms with Crippen molar-refractivity contribution >= 4 is 23.3 Å². The molecule has 174 valence electrons. The molecule has 3 aromatic rings. The number of nitrogens with one attached hydrogen (secondary N) is 3. The number of aromatic nitrogens is 2. The molecule has 0 radical (unpaired) electrons. The Labute approximate surface area is 199 Å². The lowest BCUT2D eigenvalue weighted by molar-refractivity contribution is -0.142. The standard InChI is InChI=1S/C26H28N6O2/c1-16-5-6-18(13-28-4)9-23(16)32-25-29-8-7-22(31-25)19-10-20(12-27)24-21(11-19)26(3,14-30-24)15-34-17(2)33/h5-11,28,30H,13-15H2,1-4H3,(H,29,31,32)/t26-/m1/s1. The maximum Gasteiger partial charge on any atom is 0.302 e. The molecular formula is C26H28N6O2. The SMILES string of the molecule is CNCc1ccc(C)c(Nc2nccc(-c3cc(C#N)c4c(c3)[C@@](C)(COC(C)=O)CN4)n2)c1. The van der Waals surface area contributed by atoms with Crippen LogP contribution in [0.4, 0.5) is 17.3 Å². The summed E-state index contributed by atoms with van der Waals surface area (Å²) in [7, 11) is 1.92. The summed E-state index contributed by atoms with van der Waals surface area (Å²) in [5.74, 6) is 0.147. The van der Waals surface area contributed by atoms with Crippen LogP contribution in [-0.4, -0.2) is 36.1 Å². The number of aryl methyl sites for hydroxylation is 1. The van der Waals surface area contributed by atoms with Gasteiger partial charge in [0.15, 0.2) is 0 Å². The third-order valence-corrected chi connectivity index (χ3v) is 6.04. The summed E-state index contributed by atoms with van der Waals surface area (Å²) in [5.41, 5.74) is 6.49. The van der Waals surface area contributed by atoms with Gasteiger partial charge in [0.1, 0.15) is 12.7 Å². The van der Waals surface area contributed by atoms with E-state index in [1.54, 1.807) is 6.20 Å². The molecule has 3 N–H and O–H groups in total. The topological polar surface area (TPSA) is 112 Å². The van der Waals surface area contributed by atoms with E-state index in [1.807, 2.05) is 39.1 Å². The third-order valence-electron chi connectivity index (χ3n) is 6.04. The highest BCUT2D eigenvalue weighted by Crippen LogP contribution is 2.41. The Hall–Kier alpha value is -3.96. The van der Waals surface area contributed by atoms with Crippen molar-refractivity contribution in [3.63, 3.8) is 0 Å². The van der Waals surface area contributed by atoms with Crippen molar-refractivity contribution in [2.75, 3.05) is 30.8 Å². The normalized spacial score (nSPS) is 16.3. The van der Waals surface area contributed by atoms with Gasteiger partial charge in [-0.3, -0.25) is 4.79 Å². The number of rotatable bonds is 7. The molecule has 0 amide bonds. The molecule has 0 saturated heterocycles. The zero-order valence-electron chi connectivity index (χ0n) is 19.8. The first-order valence-electron chi connectivity index (χ1n) is 11.1. The van der Waals surface area contributed by atoms with Crippen LogP contribution in [0.25, 0.3) is 11.3 Å². The second-order valence-corrected chi connectivity index (χ2v) is 8.82. The van der Waals surface area contributed by atoms with E-state index in [0.717, 1.165) is 40.2 Å². The van der Waals surface area contributed by atoms with Crippen LogP contribution in [0.15, 0.2) is 42.6 Å². The smallest absolute Gasteiger partial charge is 0.302 e. The Kier molecular flexibility index (Phi) is 6.48. The number of anilines is 3. The van der Waals surface area contributed by atoms with Crippen LogP contribution in [0.5, 0.6) is 0 Å². The number of carbonyl (C=O) groups excluding carboxylic acids is 1. The highest BCUT2D eigenvalue weighted by Gasteiger charge is 2.37. The maximum atomic E-state index is 11.4. The van der Waals surface area contributed by atoms with E-state index in [1.165, 1.54) is 6.92 Å². The molecule has 1 aromatic heterocycles.